The van der Waals surface area contributed by atoms with Gasteiger partial charge in [0.25, 0.3) is 11.8 Å². The van der Waals surface area contributed by atoms with E-state index < -0.39 is 0 Å². The molecule has 5 rings (SSSR count). The van der Waals surface area contributed by atoms with Crippen molar-refractivity contribution in [2.75, 3.05) is 17.2 Å². The summed E-state index contributed by atoms with van der Waals surface area (Å²) in [5.74, 6) is 0.250. The summed E-state index contributed by atoms with van der Waals surface area (Å²) < 4.78 is 5.50. The van der Waals surface area contributed by atoms with Crippen LogP contribution in [0.15, 0.2) is 72.8 Å². The number of hydrogen-bond acceptors (Lipinski definition) is 6. The van der Waals surface area contributed by atoms with Crippen molar-refractivity contribution >= 4 is 45.7 Å². The molecule has 2 aromatic heterocycles. The summed E-state index contributed by atoms with van der Waals surface area (Å²) in [6.45, 7) is -0.149. The Morgan fingerprint density at radius 1 is 0.943 bits per heavy atom. The fourth-order valence-corrected chi connectivity index (χ4v) is 3.69. The van der Waals surface area contributed by atoms with Gasteiger partial charge in [0.1, 0.15) is 11.4 Å². The molecule has 11 heteroatoms. The number of nitrogens with zero attached hydrogens (tertiary/aromatic N) is 3. The number of fused-ring (bicyclic) bond motifs is 1. The Kier molecular flexibility index (Phi) is 6.10. The molecule has 174 valence electrons. The quantitative estimate of drug-likeness (QED) is 0.270. The minimum absolute atomic E-state index is 0.149. The monoisotopic (exact) mass is 487 g/mol. The van der Waals surface area contributed by atoms with Crippen LogP contribution >= 0.6 is 11.6 Å². The number of aromatic amines is 2. The number of nitrogens with one attached hydrogen (secondary N) is 4. The van der Waals surface area contributed by atoms with E-state index in [1.165, 1.54) is 0 Å². The van der Waals surface area contributed by atoms with Crippen LogP contribution in [0.5, 0.6) is 5.75 Å². The molecule has 0 aliphatic heterocycles. The number of para-hydroxylation sites is 2. The first kappa shape index (κ1) is 22.1. The van der Waals surface area contributed by atoms with Crippen LogP contribution in [0.1, 0.15) is 10.5 Å². The Labute approximate surface area is 203 Å². The molecule has 0 saturated carbocycles. The van der Waals surface area contributed by atoms with Crippen molar-refractivity contribution in [2.24, 2.45) is 0 Å². The first-order valence-electron chi connectivity index (χ1n) is 10.5. The van der Waals surface area contributed by atoms with Crippen molar-refractivity contribution in [2.45, 2.75) is 0 Å². The molecular formula is C24H18ClN7O3. The maximum Gasteiger partial charge on any atom is 0.272 e. The predicted molar refractivity (Wildman–Crippen MR) is 131 cm³/mol. The number of hydrogen-bond donors (Lipinski definition) is 4. The van der Waals surface area contributed by atoms with E-state index in [0.717, 1.165) is 5.39 Å². The van der Waals surface area contributed by atoms with Crippen LogP contribution in [0.3, 0.4) is 0 Å². The third-order valence-corrected chi connectivity index (χ3v) is 5.35. The molecule has 0 aliphatic carbocycles. The molecular weight excluding hydrogens is 470 g/mol. The van der Waals surface area contributed by atoms with Crippen molar-refractivity contribution in [3.05, 3.63) is 83.5 Å². The van der Waals surface area contributed by atoms with Gasteiger partial charge in [-0.05, 0) is 52.9 Å². The van der Waals surface area contributed by atoms with Gasteiger partial charge in [0.2, 0.25) is 0 Å². The van der Waals surface area contributed by atoms with Gasteiger partial charge >= 0.3 is 0 Å². The highest BCUT2D eigenvalue weighted by atomic mass is 35.5. The highest BCUT2D eigenvalue weighted by Crippen LogP contribution is 2.29. The average Bonchev–Trinajstić information content (AvgIpc) is 3.55. The van der Waals surface area contributed by atoms with Crippen molar-refractivity contribution in [1.29, 1.82) is 0 Å². The number of benzene rings is 3. The Balaban J connectivity index is 1.34. The average molecular weight is 488 g/mol. The fraction of sp³-hybridized carbons (Fsp3) is 0.0417. The lowest BCUT2D eigenvalue weighted by Gasteiger charge is -2.09. The van der Waals surface area contributed by atoms with Crippen LogP contribution in [0.4, 0.5) is 11.4 Å². The van der Waals surface area contributed by atoms with Gasteiger partial charge in [-0.25, -0.2) is 5.10 Å². The number of carbonyl (C=O) groups is 2. The number of anilines is 2. The number of ether oxygens (including phenoxy) is 1. The molecule has 0 saturated heterocycles. The summed E-state index contributed by atoms with van der Waals surface area (Å²) in [5.41, 5.74) is 2.46. The summed E-state index contributed by atoms with van der Waals surface area (Å²) in [6, 6.07) is 21.1. The summed E-state index contributed by atoms with van der Waals surface area (Å²) in [7, 11) is 0. The number of rotatable bonds is 7. The van der Waals surface area contributed by atoms with E-state index in [2.05, 4.69) is 36.2 Å². The maximum absolute atomic E-state index is 13.0. The van der Waals surface area contributed by atoms with Crippen LogP contribution < -0.4 is 15.4 Å². The largest absolute Gasteiger partial charge is 0.484 e. The second kappa shape index (κ2) is 9.65. The second-order valence-corrected chi connectivity index (χ2v) is 7.93. The van der Waals surface area contributed by atoms with Crippen molar-refractivity contribution in [1.82, 2.24) is 25.6 Å². The van der Waals surface area contributed by atoms with E-state index in [4.69, 9.17) is 16.3 Å². The standard InChI is InChI=1S/C24H18ClN7O3/c25-15-9-10-18(17(12-15)23-29-31-32-30-23)28-24(34)20-11-14-5-4-8-19(22(14)27-20)26-21(33)13-35-16-6-2-1-3-7-16/h1-12,27H,13H2,(H,26,33)(H,28,34)(H,29,30,31,32). The van der Waals surface area contributed by atoms with E-state index in [1.807, 2.05) is 24.3 Å². The summed E-state index contributed by atoms with van der Waals surface area (Å²) in [4.78, 5) is 28.6. The molecule has 0 fully saturated rings. The molecule has 0 radical (unpaired) electrons. The van der Waals surface area contributed by atoms with Crippen LogP contribution in [0.2, 0.25) is 5.02 Å². The zero-order valence-corrected chi connectivity index (χ0v) is 18.8. The fourth-order valence-electron chi connectivity index (χ4n) is 3.52. The summed E-state index contributed by atoms with van der Waals surface area (Å²) in [6.07, 6.45) is 0. The van der Waals surface area contributed by atoms with E-state index in [9.17, 15) is 9.59 Å². The van der Waals surface area contributed by atoms with Crippen LogP contribution in [-0.4, -0.2) is 44.0 Å². The molecule has 0 unspecified atom stereocenters. The molecule has 0 bridgehead atoms. The van der Waals surface area contributed by atoms with Crippen LogP contribution in [0.25, 0.3) is 22.3 Å². The highest BCUT2D eigenvalue weighted by molar-refractivity contribution is 6.31. The smallest absolute Gasteiger partial charge is 0.272 e. The first-order valence-corrected chi connectivity index (χ1v) is 10.9. The Hall–Kier alpha value is -4.70. The second-order valence-electron chi connectivity index (χ2n) is 7.50. The van der Waals surface area contributed by atoms with E-state index in [0.29, 0.717) is 44.7 Å². The third kappa shape index (κ3) is 4.97. The Morgan fingerprint density at radius 2 is 1.80 bits per heavy atom. The lowest BCUT2D eigenvalue weighted by Crippen LogP contribution is -2.20. The number of aromatic nitrogens is 5. The van der Waals surface area contributed by atoms with Crippen molar-refractivity contribution in [3.8, 4) is 17.1 Å². The van der Waals surface area contributed by atoms with E-state index >= 15 is 0 Å². The van der Waals surface area contributed by atoms with Gasteiger partial charge in [0.05, 0.1) is 16.9 Å². The number of tetrazole rings is 1. The normalized spacial score (nSPS) is 10.8. The van der Waals surface area contributed by atoms with E-state index in [-0.39, 0.29) is 18.4 Å². The Bertz CT molecular complexity index is 1500. The summed E-state index contributed by atoms with van der Waals surface area (Å²) in [5, 5.41) is 20.6. The summed E-state index contributed by atoms with van der Waals surface area (Å²) >= 11 is 6.11. The molecule has 0 spiro atoms. The van der Waals surface area contributed by atoms with Crippen molar-refractivity contribution in [3.63, 3.8) is 0 Å². The molecule has 3 aromatic carbocycles. The first-order chi connectivity index (χ1) is 17.1. The molecule has 0 atom stereocenters. The van der Waals surface area contributed by atoms with E-state index in [1.54, 1.807) is 48.5 Å². The lowest BCUT2D eigenvalue weighted by molar-refractivity contribution is -0.118. The van der Waals surface area contributed by atoms with Gasteiger partial charge in [-0.3, -0.25) is 9.59 Å². The van der Waals surface area contributed by atoms with Gasteiger partial charge in [0.15, 0.2) is 12.4 Å². The number of halogens is 1. The van der Waals surface area contributed by atoms with Crippen LogP contribution in [-0.2, 0) is 4.79 Å². The third-order valence-electron chi connectivity index (χ3n) is 5.12. The van der Waals surface area contributed by atoms with Crippen LogP contribution in [0, 0.1) is 0 Å². The predicted octanol–water partition coefficient (Wildman–Crippen LogP) is 4.27. The number of carbonyl (C=O) groups excluding carboxylic acids is 2. The van der Waals surface area contributed by atoms with Gasteiger partial charge in [-0.2, -0.15) is 0 Å². The molecule has 10 nitrogen and oxygen atoms in total. The molecule has 5 aromatic rings. The van der Waals surface area contributed by atoms with Crippen molar-refractivity contribution < 1.29 is 14.3 Å². The Morgan fingerprint density at radius 3 is 2.60 bits per heavy atom. The molecule has 4 N–H and O–H groups in total. The zero-order chi connectivity index (χ0) is 24.2. The molecule has 35 heavy (non-hydrogen) atoms. The lowest BCUT2D eigenvalue weighted by atomic mass is 10.1. The maximum atomic E-state index is 13.0. The SMILES string of the molecule is O=C(COc1ccccc1)Nc1cccc2cc(C(=O)Nc3ccc(Cl)cc3-c3nnn[nH]3)[nH]c12. The molecule has 2 heterocycles. The van der Waals surface area contributed by atoms with Gasteiger partial charge in [-0.1, -0.05) is 41.9 Å². The van der Waals surface area contributed by atoms with Gasteiger partial charge in [0, 0.05) is 16.0 Å². The zero-order valence-electron chi connectivity index (χ0n) is 18.1. The van der Waals surface area contributed by atoms with Gasteiger partial charge in [-0.15, -0.1) is 5.10 Å². The molecule has 2 amide bonds. The minimum atomic E-state index is -0.387. The highest BCUT2D eigenvalue weighted by Gasteiger charge is 2.16. The topological polar surface area (TPSA) is 138 Å². The van der Waals surface area contributed by atoms with Gasteiger partial charge < -0.3 is 20.4 Å². The minimum Gasteiger partial charge on any atom is -0.484 e. The number of H-pyrrole nitrogens is 2. The molecule has 0 aliphatic rings. The number of amides is 2.